The molecule has 12 heteroatoms. The van der Waals surface area contributed by atoms with Gasteiger partial charge in [-0.25, -0.2) is 13.2 Å². The Labute approximate surface area is 219 Å². The second-order valence-corrected chi connectivity index (χ2v) is 11.0. The Kier molecular flexibility index (Phi) is 7.99. The molecule has 9 nitrogen and oxygen atoms in total. The Morgan fingerprint density at radius 3 is 2.50 bits per heavy atom. The summed E-state index contributed by atoms with van der Waals surface area (Å²) < 4.78 is 34.0. The van der Waals surface area contributed by atoms with Crippen molar-refractivity contribution in [2.45, 2.75) is 30.7 Å². The van der Waals surface area contributed by atoms with Gasteiger partial charge in [0.25, 0.3) is 5.91 Å². The standard InChI is InChI=1S/C24H24Cl2N4O5S/c1-35-24(32)18-8-4-3-7-16(18)14-29-15-17(13-27-29)28-23(31)19-11-22(21(26)12-20(19)25)36(33,34)30-9-5-2-6-10-30/h3-4,7-8,11-13,15H,2,5-6,9-10,14H2,1H3,(H,28,31). The predicted molar refractivity (Wildman–Crippen MR) is 136 cm³/mol. The number of methoxy groups -OCH3 is 1. The van der Waals surface area contributed by atoms with E-state index >= 15 is 0 Å². The average molecular weight is 551 g/mol. The molecule has 0 radical (unpaired) electrons. The molecule has 1 saturated heterocycles. The summed E-state index contributed by atoms with van der Waals surface area (Å²) in [6.07, 6.45) is 5.53. The highest BCUT2D eigenvalue weighted by molar-refractivity contribution is 7.89. The number of amides is 1. The van der Waals surface area contributed by atoms with E-state index in [2.05, 4.69) is 10.4 Å². The highest BCUT2D eigenvalue weighted by atomic mass is 35.5. The minimum Gasteiger partial charge on any atom is -0.465 e. The summed E-state index contributed by atoms with van der Waals surface area (Å²) in [6.45, 7) is 1.07. The van der Waals surface area contributed by atoms with Crippen LogP contribution in [-0.2, 0) is 21.3 Å². The summed E-state index contributed by atoms with van der Waals surface area (Å²) in [5, 5.41) is 6.89. The number of halogens is 2. The number of hydrogen-bond acceptors (Lipinski definition) is 6. The molecule has 0 spiro atoms. The van der Waals surface area contributed by atoms with E-state index in [0.717, 1.165) is 19.3 Å². The van der Waals surface area contributed by atoms with E-state index < -0.39 is 21.9 Å². The third-order valence-electron chi connectivity index (χ3n) is 5.85. The molecule has 1 aliphatic heterocycles. The van der Waals surface area contributed by atoms with Gasteiger partial charge in [0.05, 0.1) is 46.7 Å². The van der Waals surface area contributed by atoms with Crippen LogP contribution in [0.1, 0.15) is 45.5 Å². The number of carbonyl (C=O) groups excluding carboxylic acids is 2. The minimum absolute atomic E-state index is 0.0227. The molecule has 3 aromatic rings. The van der Waals surface area contributed by atoms with Crippen molar-refractivity contribution in [1.29, 1.82) is 0 Å². The normalized spacial score (nSPS) is 14.4. The third-order valence-corrected chi connectivity index (χ3v) is 8.52. The molecule has 1 aromatic heterocycles. The second-order valence-electron chi connectivity index (χ2n) is 8.26. The number of nitrogens with one attached hydrogen (secondary N) is 1. The van der Waals surface area contributed by atoms with Crippen LogP contribution in [0.15, 0.2) is 53.7 Å². The number of hydrogen-bond donors (Lipinski definition) is 1. The van der Waals surface area contributed by atoms with Crippen LogP contribution in [-0.4, -0.2) is 54.6 Å². The monoisotopic (exact) mass is 550 g/mol. The third kappa shape index (κ3) is 5.57. The second kappa shape index (κ2) is 11.0. The lowest BCUT2D eigenvalue weighted by molar-refractivity contribution is 0.0599. The molecule has 0 unspecified atom stereocenters. The van der Waals surface area contributed by atoms with Gasteiger partial charge in [0.1, 0.15) is 4.90 Å². The average Bonchev–Trinajstić information content (AvgIpc) is 3.30. The summed E-state index contributed by atoms with van der Waals surface area (Å²) in [7, 11) is -2.56. The highest BCUT2D eigenvalue weighted by Crippen LogP contribution is 2.32. The van der Waals surface area contributed by atoms with E-state index in [9.17, 15) is 18.0 Å². The molecule has 1 N–H and O–H groups in total. The first-order chi connectivity index (χ1) is 17.2. The lowest BCUT2D eigenvalue weighted by Crippen LogP contribution is -2.35. The zero-order valence-electron chi connectivity index (χ0n) is 19.4. The van der Waals surface area contributed by atoms with Crippen LogP contribution < -0.4 is 5.32 Å². The Balaban J connectivity index is 1.54. The fourth-order valence-corrected chi connectivity index (χ4v) is 6.35. The van der Waals surface area contributed by atoms with Crippen molar-refractivity contribution in [3.05, 3.63) is 75.5 Å². The lowest BCUT2D eigenvalue weighted by atomic mass is 10.1. The molecule has 190 valence electrons. The Morgan fingerprint density at radius 2 is 1.78 bits per heavy atom. The fraction of sp³-hybridized carbons (Fsp3) is 0.292. The summed E-state index contributed by atoms with van der Waals surface area (Å²) in [5.41, 5.74) is 1.44. The topological polar surface area (TPSA) is 111 Å². The summed E-state index contributed by atoms with van der Waals surface area (Å²) in [4.78, 5) is 24.9. The molecule has 2 heterocycles. The quantitative estimate of drug-likeness (QED) is 0.435. The van der Waals surface area contributed by atoms with Gasteiger partial charge < -0.3 is 10.1 Å². The predicted octanol–water partition coefficient (Wildman–Crippen LogP) is 4.45. The van der Waals surface area contributed by atoms with Crippen LogP contribution in [0, 0.1) is 0 Å². The molecule has 0 bridgehead atoms. The molecule has 0 saturated carbocycles. The number of esters is 1. The summed E-state index contributed by atoms with van der Waals surface area (Å²) >= 11 is 12.5. The van der Waals surface area contributed by atoms with Crippen LogP contribution in [0.3, 0.4) is 0 Å². The molecule has 1 amide bonds. The number of piperidine rings is 1. The van der Waals surface area contributed by atoms with Gasteiger partial charge in [-0.3, -0.25) is 9.48 Å². The number of anilines is 1. The van der Waals surface area contributed by atoms with Crippen LogP contribution in [0.2, 0.25) is 10.0 Å². The van der Waals surface area contributed by atoms with E-state index in [1.54, 1.807) is 35.1 Å². The van der Waals surface area contributed by atoms with E-state index in [4.69, 9.17) is 27.9 Å². The zero-order chi connectivity index (χ0) is 25.9. The van der Waals surface area contributed by atoms with Gasteiger partial charge in [-0.05, 0) is 36.6 Å². The maximum atomic E-state index is 13.1. The zero-order valence-corrected chi connectivity index (χ0v) is 21.7. The molecular weight excluding hydrogens is 527 g/mol. The number of rotatable bonds is 7. The summed E-state index contributed by atoms with van der Waals surface area (Å²) in [6, 6.07) is 9.45. The van der Waals surface area contributed by atoms with E-state index in [1.807, 2.05) is 0 Å². The van der Waals surface area contributed by atoms with E-state index in [-0.39, 0.29) is 27.0 Å². The van der Waals surface area contributed by atoms with Crippen LogP contribution in [0.25, 0.3) is 0 Å². The van der Waals surface area contributed by atoms with Gasteiger partial charge in [0, 0.05) is 19.3 Å². The summed E-state index contributed by atoms with van der Waals surface area (Å²) in [5.74, 6) is -1.07. The van der Waals surface area contributed by atoms with Crippen LogP contribution in [0.4, 0.5) is 5.69 Å². The van der Waals surface area contributed by atoms with Gasteiger partial charge >= 0.3 is 5.97 Å². The smallest absolute Gasteiger partial charge is 0.338 e. The van der Waals surface area contributed by atoms with Crippen molar-refractivity contribution >= 4 is 50.8 Å². The van der Waals surface area contributed by atoms with Gasteiger partial charge in [0.15, 0.2) is 0 Å². The number of ether oxygens (including phenoxy) is 1. The van der Waals surface area contributed by atoms with Crippen molar-refractivity contribution in [1.82, 2.24) is 14.1 Å². The molecule has 0 atom stereocenters. The number of sulfonamides is 1. The number of aromatic nitrogens is 2. The molecule has 1 aliphatic rings. The first-order valence-electron chi connectivity index (χ1n) is 11.2. The van der Waals surface area contributed by atoms with E-state index in [0.29, 0.717) is 29.9 Å². The minimum atomic E-state index is -3.87. The maximum absolute atomic E-state index is 13.1. The molecule has 4 rings (SSSR count). The van der Waals surface area contributed by atoms with Gasteiger partial charge in [-0.15, -0.1) is 0 Å². The van der Waals surface area contributed by atoms with Crippen molar-refractivity contribution in [2.24, 2.45) is 0 Å². The lowest BCUT2D eigenvalue weighted by Gasteiger charge is -2.26. The number of carbonyl (C=O) groups is 2. The molecule has 1 fully saturated rings. The largest absolute Gasteiger partial charge is 0.465 e. The Hall–Kier alpha value is -2.92. The van der Waals surface area contributed by atoms with Crippen molar-refractivity contribution in [3.63, 3.8) is 0 Å². The van der Waals surface area contributed by atoms with E-state index in [1.165, 1.54) is 29.7 Å². The molecular formula is C24H24Cl2N4O5S. The SMILES string of the molecule is COC(=O)c1ccccc1Cn1cc(NC(=O)c2cc(S(=O)(=O)N3CCCCC3)c(Cl)cc2Cl)cn1. The van der Waals surface area contributed by atoms with Gasteiger partial charge in [0.2, 0.25) is 10.0 Å². The Bertz CT molecular complexity index is 1400. The van der Waals surface area contributed by atoms with Crippen molar-refractivity contribution in [3.8, 4) is 0 Å². The highest BCUT2D eigenvalue weighted by Gasteiger charge is 2.30. The number of nitrogens with zero attached hydrogens (tertiary/aromatic N) is 3. The van der Waals surface area contributed by atoms with Crippen molar-refractivity contribution in [2.75, 3.05) is 25.5 Å². The van der Waals surface area contributed by atoms with Gasteiger partial charge in [-0.2, -0.15) is 9.40 Å². The molecule has 2 aromatic carbocycles. The van der Waals surface area contributed by atoms with Gasteiger partial charge in [-0.1, -0.05) is 47.8 Å². The number of benzene rings is 2. The Morgan fingerprint density at radius 1 is 1.06 bits per heavy atom. The fourth-order valence-electron chi connectivity index (χ4n) is 4.00. The maximum Gasteiger partial charge on any atom is 0.338 e. The first-order valence-corrected chi connectivity index (χ1v) is 13.4. The first kappa shape index (κ1) is 26.2. The van der Waals surface area contributed by atoms with Crippen LogP contribution in [0.5, 0.6) is 0 Å². The molecule has 36 heavy (non-hydrogen) atoms. The van der Waals surface area contributed by atoms with Crippen LogP contribution >= 0.6 is 23.2 Å². The molecule has 0 aliphatic carbocycles. The van der Waals surface area contributed by atoms with Crippen molar-refractivity contribution < 1.29 is 22.7 Å².